The second kappa shape index (κ2) is 9.19. The Hall–Kier alpha value is -0.900. The lowest BCUT2D eigenvalue weighted by atomic mass is 9.98. The van der Waals surface area contributed by atoms with Gasteiger partial charge in [0.25, 0.3) is 0 Å². The van der Waals surface area contributed by atoms with E-state index in [1.54, 1.807) is 0 Å². The summed E-state index contributed by atoms with van der Waals surface area (Å²) in [6.07, 6.45) is 5.60. The van der Waals surface area contributed by atoms with E-state index in [0.717, 1.165) is 12.8 Å². The van der Waals surface area contributed by atoms with Crippen LogP contribution in [0.5, 0.6) is 0 Å². The van der Waals surface area contributed by atoms with E-state index in [2.05, 4.69) is 47.5 Å². The third kappa shape index (κ3) is 5.42. The lowest BCUT2D eigenvalue weighted by molar-refractivity contribution is 0.187. The summed E-state index contributed by atoms with van der Waals surface area (Å²) >= 11 is 0. The van der Waals surface area contributed by atoms with Crippen LogP contribution in [0.1, 0.15) is 50.6 Å². The number of nitrogens with zero attached hydrogens (tertiary/aromatic N) is 1. The van der Waals surface area contributed by atoms with Gasteiger partial charge in [-0.25, -0.2) is 0 Å². The lowest BCUT2D eigenvalue weighted by Crippen LogP contribution is -2.43. The SMILES string of the molecule is CCCN1CCC(NC(CCCO)c2ccccc2)CC1. The number of rotatable bonds is 8. The summed E-state index contributed by atoms with van der Waals surface area (Å²) in [5, 5.41) is 13.0. The molecule has 0 spiro atoms. The highest BCUT2D eigenvalue weighted by Gasteiger charge is 2.21. The van der Waals surface area contributed by atoms with Crippen LogP contribution in [0.2, 0.25) is 0 Å². The van der Waals surface area contributed by atoms with E-state index in [1.165, 1.54) is 44.5 Å². The molecule has 1 unspecified atom stereocenters. The minimum absolute atomic E-state index is 0.278. The molecule has 0 saturated carbocycles. The van der Waals surface area contributed by atoms with Crippen molar-refractivity contribution in [2.75, 3.05) is 26.2 Å². The van der Waals surface area contributed by atoms with E-state index in [4.69, 9.17) is 5.11 Å². The monoisotopic (exact) mass is 290 g/mol. The summed E-state index contributed by atoms with van der Waals surface area (Å²) in [4.78, 5) is 2.57. The summed E-state index contributed by atoms with van der Waals surface area (Å²) < 4.78 is 0. The minimum Gasteiger partial charge on any atom is -0.396 e. The average Bonchev–Trinajstić information content (AvgIpc) is 2.54. The third-order valence-corrected chi connectivity index (χ3v) is 4.42. The number of aliphatic hydroxyl groups is 1. The van der Waals surface area contributed by atoms with E-state index < -0.39 is 0 Å². The summed E-state index contributed by atoms with van der Waals surface area (Å²) in [7, 11) is 0. The van der Waals surface area contributed by atoms with Gasteiger partial charge in [-0.15, -0.1) is 0 Å². The molecule has 1 aliphatic heterocycles. The molecule has 0 bridgehead atoms. The van der Waals surface area contributed by atoms with Crippen molar-refractivity contribution >= 4 is 0 Å². The highest BCUT2D eigenvalue weighted by molar-refractivity contribution is 5.19. The molecule has 0 aromatic heterocycles. The molecule has 0 aliphatic carbocycles. The van der Waals surface area contributed by atoms with Crippen molar-refractivity contribution in [2.24, 2.45) is 0 Å². The first-order valence-electron chi connectivity index (χ1n) is 8.47. The standard InChI is InChI=1S/C18H30N2O/c1-2-12-20-13-10-17(11-14-20)19-18(9-6-15-21)16-7-4-3-5-8-16/h3-5,7-8,17-19,21H,2,6,9-15H2,1H3. The molecule has 1 saturated heterocycles. The molecule has 1 aromatic rings. The van der Waals surface area contributed by atoms with Gasteiger partial charge in [0, 0.05) is 18.7 Å². The van der Waals surface area contributed by atoms with E-state index in [9.17, 15) is 0 Å². The highest BCUT2D eigenvalue weighted by Crippen LogP contribution is 2.21. The van der Waals surface area contributed by atoms with E-state index in [-0.39, 0.29) is 6.61 Å². The zero-order valence-electron chi connectivity index (χ0n) is 13.3. The fourth-order valence-electron chi connectivity index (χ4n) is 3.25. The van der Waals surface area contributed by atoms with Gasteiger partial charge in [-0.2, -0.15) is 0 Å². The van der Waals surface area contributed by atoms with Gasteiger partial charge < -0.3 is 15.3 Å². The second-order valence-electron chi connectivity index (χ2n) is 6.11. The first-order valence-corrected chi connectivity index (χ1v) is 8.47. The van der Waals surface area contributed by atoms with Gasteiger partial charge in [-0.1, -0.05) is 37.3 Å². The number of benzene rings is 1. The zero-order valence-corrected chi connectivity index (χ0v) is 13.3. The molecule has 2 rings (SSSR count). The van der Waals surface area contributed by atoms with E-state index in [1.807, 2.05) is 0 Å². The Morgan fingerprint density at radius 2 is 1.95 bits per heavy atom. The largest absolute Gasteiger partial charge is 0.396 e. The van der Waals surface area contributed by atoms with Gasteiger partial charge in [-0.05, 0) is 57.3 Å². The third-order valence-electron chi connectivity index (χ3n) is 4.42. The van der Waals surface area contributed by atoms with Crippen LogP contribution in [0, 0.1) is 0 Å². The van der Waals surface area contributed by atoms with Gasteiger partial charge in [-0.3, -0.25) is 0 Å². The molecule has 1 heterocycles. The summed E-state index contributed by atoms with van der Waals surface area (Å²) in [6, 6.07) is 11.7. The molecule has 2 N–H and O–H groups in total. The van der Waals surface area contributed by atoms with Crippen LogP contribution < -0.4 is 5.32 Å². The molecule has 0 radical (unpaired) electrons. The van der Waals surface area contributed by atoms with Crippen LogP contribution in [0.3, 0.4) is 0 Å². The molecule has 3 nitrogen and oxygen atoms in total. The molecule has 1 aromatic carbocycles. The smallest absolute Gasteiger partial charge is 0.0431 e. The fourth-order valence-corrected chi connectivity index (χ4v) is 3.25. The number of aliphatic hydroxyl groups excluding tert-OH is 1. The van der Waals surface area contributed by atoms with Crippen molar-refractivity contribution in [2.45, 2.75) is 51.1 Å². The highest BCUT2D eigenvalue weighted by atomic mass is 16.2. The number of hydrogen-bond donors (Lipinski definition) is 2. The van der Waals surface area contributed by atoms with Crippen LogP contribution in [-0.2, 0) is 0 Å². The van der Waals surface area contributed by atoms with Gasteiger partial charge in [0.05, 0.1) is 0 Å². The summed E-state index contributed by atoms with van der Waals surface area (Å²) in [5.74, 6) is 0. The molecule has 118 valence electrons. The van der Waals surface area contributed by atoms with Crippen LogP contribution in [0.4, 0.5) is 0 Å². The molecule has 1 fully saturated rings. The quantitative estimate of drug-likeness (QED) is 0.772. The Kier molecular flexibility index (Phi) is 7.20. The Balaban J connectivity index is 1.87. The van der Waals surface area contributed by atoms with Gasteiger partial charge in [0.1, 0.15) is 0 Å². The Morgan fingerprint density at radius 3 is 2.57 bits per heavy atom. The number of piperidine rings is 1. The molecule has 1 atom stereocenters. The number of likely N-dealkylation sites (tertiary alicyclic amines) is 1. The zero-order chi connectivity index (χ0) is 14.9. The molecular formula is C18H30N2O. The fraction of sp³-hybridized carbons (Fsp3) is 0.667. The Labute approximate surface area is 129 Å². The number of hydrogen-bond acceptors (Lipinski definition) is 3. The van der Waals surface area contributed by atoms with Crippen LogP contribution in [0.25, 0.3) is 0 Å². The normalized spacial score (nSPS) is 18.8. The predicted molar refractivity (Wildman–Crippen MR) is 88.4 cm³/mol. The van der Waals surface area contributed by atoms with Crippen molar-refractivity contribution in [1.82, 2.24) is 10.2 Å². The van der Waals surface area contributed by atoms with Crippen molar-refractivity contribution < 1.29 is 5.11 Å². The molecule has 0 amide bonds. The van der Waals surface area contributed by atoms with E-state index in [0.29, 0.717) is 12.1 Å². The minimum atomic E-state index is 0.278. The van der Waals surface area contributed by atoms with Crippen molar-refractivity contribution in [3.05, 3.63) is 35.9 Å². The molecule has 3 heteroatoms. The topological polar surface area (TPSA) is 35.5 Å². The number of nitrogens with one attached hydrogen (secondary N) is 1. The first kappa shape index (κ1) is 16.5. The van der Waals surface area contributed by atoms with Crippen LogP contribution >= 0.6 is 0 Å². The maximum atomic E-state index is 9.13. The maximum absolute atomic E-state index is 9.13. The average molecular weight is 290 g/mol. The molecular weight excluding hydrogens is 260 g/mol. The first-order chi connectivity index (χ1) is 10.3. The van der Waals surface area contributed by atoms with Crippen LogP contribution in [-0.4, -0.2) is 42.3 Å². The van der Waals surface area contributed by atoms with Crippen molar-refractivity contribution in [3.8, 4) is 0 Å². The van der Waals surface area contributed by atoms with E-state index >= 15 is 0 Å². The Morgan fingerprint density at radius 1 is 1.24 bits per heavy atom. The van der Waals surface area contributed by atoms with Gasteiger partial charge >= 0.3 is 0 Å². The molecule has 1 aliphatic rings. The van der Waals surface area contributed by atoms with Gasteiger partial charge in [0.15, 0.2) is 0 Å². The molecule has 21 heavy (non-hydrogen) atoms. The second-order valence-corrected chi connectivity index (χ2v) is 6.11. The van der Waals surface area contributed by atoms with Crippen LogP contribution in [0.15, 0.2) is 30.3 Å². The lowest BCUT2D eigenvalue weighted by Gasteiger charge is -2.34. The summed E-state index contributed by atoms with van der Waals surface area (Å²) in [5.41, 5.74) is 1.35. The maximum Gasteiger partial charge on any atom is 0.0431 e. The predicted octanol–water partition coefficient (Wildman–Crippen LogP) is 2.96. The van der Waals surface area contributed by atoms with Gasteiger partial charge in [0.2, 0.25) is 0 Å². The van der Waals surface area contributed by atoms with Crippen molar-refractivity contribution in [3.63, 3.8) is 0 Å². The Bertz CT molecular complexity index is 374. The summed E-state index contributed by atoms with van der Waals surface area (Å²) in [6.45, 7) is 6.20. The van der Waals surface area contributed by atoms with Crippen molar-refractivity contribution in [1.29, 1.82) is 0 Å².